The van der Waals surface area contributed by atoms with Gasteiger partial charge in [-0.05, 0) is 30.5 Å². The summed E-state index contributed by atoms with van der Waals surface area (Å²) in [4.78, 5) is 0. The number of nitrogens with two attached hydrogens (primary N) is 1. The summed E-state index contributed by atoms with van der Waals surface area (Å²) in [6, 6.07) is 6.95. The van der Waals surface area contributed by atoms with Gasteiger partial charge >= 0.3 is 0 Å². The molecule has 0 amide bonds. The highest BCUT2D eigenvalue weighted by Crippen LogP contribution is 2.41. The molecule has 1 aliphatic rings. The van der Waals surface area contributed by atoms with Crippen LogP contribution < -0.4 is 5.73 Å². The highest BCUT2D eigenvalue weighted by Gasteiger charge is 2.39. The van der Waals surface area contributed by atoms with Gasteiger partial charge in [0.2, 0.25) is 0 Å². The van der Waals surface area contributed by atoms with Crippen LogP contribution in [0.1, 0.15) is 24.8 Å². The monoisotopic (exact) mass is 213 g/mol. The molecule has 0 saturated heterocycles. The van der Waals surface area contributed by atoms with Crippen molar-refractivity contribution in [1.82, 2.24) is 0 Å². The third-order valence-electron chi connectivity index (χ3n) is 2.86. The number of hydrogen-bond acceptors (Lipinski definition) is 1. The molecule has 1 aromatic carbocycles. The van der Waals surface area contributed by atoms with Crippen molar-refractivity contribution in [2.24, 2.45) is 5.73 Å². The van der Waals surface area contributed by atoms with Crippen LogP contribution in [0.15, 0.2) is 24.3 Å². The first kappa shape index (κ1) is 9.94. The van der Waals surface area contributed by atoms with Gasteiger partial charge in [-0.2, -0.15) is 0 Å². The quantitative estimate of drug-likeness (QED) is 0.763. The number of rotatable bonds is 1. The molecule has 0 radical (unpaired) electrons. The molecule has 1 nitrogen and oxygen atoms in total. The van der Waals surface area contributed by atoms with Crippen LogP contribution in [0, 0.1) is 0 Å². The zero-order chi connectivity index (χ0) is 10.2. The van der Waals surface area contributed by atoms with Crippen LogP contribution in [-0.2, 0) is 5.67 Å². The molecule has 1 fully saturated rings. The summed E-state index contributed by atoms with van der Waals surface area (Å²) >= 11 is 5.75. The molecular weight excluding hydrogens is 201 g/mol. The van der Waals surface area contributed by atoms with Gasteiger partial charge in [0.1, 0.15) is 5.67 Å². The van der Waals surface area contributed by atoms with Gasteiger partial charge in [0.05, 0.1) is 0 Å². The van der Waals surface area contributed by atoms with Gasteiger partial charge in [0, 0.05) is 17.5 Å². The van der Waals surface area contributed by atoms with E-state index in [0.29, 0.717) is 23.4 Å². The molecule has 0 aromatic heterocycles. The van der Waals surface area contributed by atoms with Crippen LogP contribution in [0.4, 0.5) is 4.39 Å². The predicted octanol–water partition coefficient (Wildman–Crippen LogP) is 3.02. The van der Waals surface area contributed by atoms with Crippen molar-refractivity contribution in [3.05, 3.63) is 34.9 Å². The van der Waals surface area contributed by atoms with Gasteiger partial charge in [-0.3, -0.25) is 0 Å². The van der Waals surface area contributed by atoms with Crippen molar-refractivity contribution < 1.29 is 4.39 Å². The molecule has 14 heavy (non-hydrogen) atoms. The molecule has 76 valence electrons. The fourth-order valence-corrected chi connectivity index (χ4v) is 2.17. The summed E-state index contributed by atoms with van der Waals surface area (Å²) in [5, 5.41) is 0.639. The van der Waals surface area contributed by atoms with Crippen molar-refractivity contribution >= 4 is 11.6 Å². The van der Waals surface area contributed by atoms with Gasteiger partial charge in [-0.15, -0.1) is 0 Å². The lowest BCUT2D eigenvalue weighted by molar-refractivity contribution is 0.172. The van der Waals surface area contributed by atoms with E-state index in [1.807, 2.05) is 0 Å². The van der Waals surface area contributed by atoms with E-state index in [1.165, 1.54) is 0 Å². The highest BCUT2D eigenvalue weighted by atomic mass is 35.5. The Kier molecular flexibility index (Phi) is 2.50. The average molecular weight is 214 g/mol. The molecule has 0 bridgehead atoms. The average Bonchev–Trinajstić information content (AvgIpc) is 2.48. The lowest BCUT2D eigenvalue weighted by atomic mass is 9.94. The fourth-order valence-electron chi connectivity index (χ4n) is 2.04. The first-order valence-corrected chi connectivity index (χ1v) is 5.18. The van der Waals surface area contributed by atoms with Crippen LogP contribution in [0.3, 0.4) is 0 Å². The molecule has 0 spiro atoms. The smallest absolute Gasteiger partial charge is 0.137 e. The Labute approximate surface area is 88.1 Å². The molecule has 2 atom stereocenters. The van der Waals surface area contributed by atoms with E-state index in [-0.39, 0.29) is 6.04 Å². The van der Waals surface area contributed by atoms with E-state index in [1.54, 1.807) is 24.3 Å². The third kappa shape index (κ3) is 1.77. The SMILES string of the molecule is NC1CCC(F)(c2ccc(Cl)cc2)C1. The van der Waals surface area contributed by atoms with Gasteiger partial charge in [-0.1, -0.05) is 23.7 Å². The normalized spacial score (nSPS) is 32.1. The van der Waals surface area contributed by atoms with E-state index < -0.39 is 5.67 Å². The first-order valence-electron chi connectivity index (χ1n) is 4.81. The summed E-state index contributed by atoms with van der Waals surface area (Å²) in [5.41, 5.74) is 5.18. The first-order chi connectivity index (χ1) is 6.60. The number of benzene rings is 1. The molecule has 1 aromatic rings. The molecule has 3 heteroatoms. The molecule has 2 unspecified atom stereocenters. The van der Waals surface area contributed by atoms with Crippen LogP contribution >= 0.6 is 11.6 Å². The third-order valence-corrected chi connectivity index (χ3v) is 3.11. The van der Waals surface area contributed by atoms with Crippen molar-refractivity contribution in [2.75, 3.05) is 0 Å². The topological polar surface area (TPSA) is 26.0 Å². The van der Waals surface area contributed by atoms with Gasteiger partial charge in [0.25, 0.3) is 0 Å². The maximum atomic E-state index is 14.3. The number of hydrogen-bond donors (Lipinski definition) is 1. The summed E-state index contributed by atoms with van der Waals surface area (Å²) in [6.07, 6.45) is 1.71. The molecule has 2 N–H and O–H groups in total. The van der Waals surface area contributed by atoms with Gasteiger partial charge < -0.3 is 5.73 Å². The van der Waals surface area contributed by atoms with Crippen LogP contribution in [0.25, 0.3) is 0 Å². The minimum absolute atomic E-state index is 0.00400. The zero-order valence-corrected chi connectivity index (χ0v) is 8.60. The Morgan fingerprint density at radius 3 is 2.50 bits per heavy atom. The maximum absolute atomic E-state index is 14.3. The lowest BCUT2D eigenvalue weighted by Gasteiger charge is -2.19. The minimum atomic E-state index is -1.23. The van der Waals surface area contributed by atoms with Crippen molar-refractivity contribution in [3.8, 4) is 0 Å². The van der Waals surface area contributed by atoms with Crippen molar-refractivity contribution in [2.45, 2.75) is 31.0 Å². The molecule has 0 heterocycles. The number of halogens is 2. The second kappa shape index (κ2) is 3.52. The molecular formula is C11H13ClFN. The Morgan fingerprint density at radius 2 is 2.00 bits per heavy atom. The Hall–Kier alpha value is -0.600. The van der Waals surface area contributed by atoms with E-state index in [4.69, 9.17) is 17.3 Å². The molecule has 0 aliphatic heterocycles. The summed E-state index contributed by atoms with van der Waals surface area (Å²) in [6.45, 7) is 0. The summed E-state index contributed by atoms with van der Waals surface area (Å²) in [7, 11) is 0. The van der Waals surface area contributed by atoms with Crippen LogP contribution in [0.5, 0.6) is 0 Å². The molecule has 2 rings (SSSR count). The minimum Gasteiger partial charge on any atom is -0.328 e. The molecule has 1 aliphatic carbocycles. The zero-order valence-electron chi connectivity index (χ0n) is 7.84. The maximum Gasteiger partial charge on any atom is 0.137 e. The predicted molar refractivity (Wildman–Crippen MR) is 56.1 cm³/mol. The van der Waals surface area contributed by atoms with Crippen LogP contribution in [-0.4, -0.2) is 6.04 Å². The second-order valence-electron chi connectivity index (χ2n) is 3.98. The fraction of sp³-hybridized carbons (Fsp3) is 0.455. The van der Waals surface area contributed by atoms with E-state index in [0.717, 1.165) is 6.42 Å². The van der Waals surface area contributed by atoms with Crippen molar-refractivity contribution in [3.63, 3.8) is 0 Å². The van der Waals surface area contributed by atoms with E-state index in [9.17, 15) is 4.39 Å². The van der Waals surface area contributed by atoms with E-state index in [2.05, 4.69) is 0 Å². The lowest BCUT2D eigenvalue weighted by Crippen LogP contribution is -2.21. The summed E-state index contributed by atoms with van der Waals surface area (Å²) < 4.78 is 14.3. The number of alkyl halides is 1. The second-order valence-corrected chi connectivity index (χ2v) is 4.41. The Bertz CT molecular complexity index is 325. The van der Waals surface area contributed by atoms with Gasteiger partial charge in [0.15, 0.2) is 0 Å². The van der Waals surface area contributed by atoms with Crippen LogP contribution in [0.2, 0.25) is 5.02 Å². The highest BCUT2D eigenvalue weighted by molar-refractivity contribution is 6.30. The molecule has 1 saturated carbocycles. The van der Waals surface area contributed by atoms with Gasteiger partial charge in [-0.25, -0.2) is 4.39 Å². The largest absolute Gasteiger partial charge is 0.328 e. The standard InChI is InChI=1S/C11H13ClFN/c12-9-3-1-8(2-4-9)11(13)6-5-10(14)7-11/h1-4,10H,5-7,14H2. The summed E-state index contributed by atoms with van der Waals surface area (Å²) in [5.74, 6) is 0. The van der Waals surface area contributed by atoms with E-state index >= 15 is 0 Å². The van der Waals surface area contributed by atoms with Crippen molar-refractivity contribution in [1.29, 1.82) is 0 Å². The Morgan fingerprint density at radius 1 is 1.36 bits per heavy atom. The Balaban J connectivity index is 2.26.